The molecular formula is C19H23NO4. The summed E-state index contributed by atoms with van der Waals surface area (Å²) in [6, 6.07) is 10.3. The molecule has 5 nitrogen and oxygen atoms in total. The zero-order valence-corrected chi connectivity index (χ0v) is 13.7. The fraction of sp³-hybridized carbons (Fsp3) is 0.632. The Morgan fingerprint density at radius 3 is 2.67 bits per heavy atom. The Bertz CT molecular complexity index is 628. The molecule has 4 aliphatic rings. The molecule has 5 rings (SSSR count). The number of carbonyl (C=O) groups is 1. The highest BCUT2D eigenvalue weighted by Gasteiger charge is 2.53. The monoisotopic (exact) mass is 329 g/mol. The fourth-order valence-electron chi connectivity index (χ4n) is 5.09. The molecule has 128 valence electrons. The molecular weight excluding hydrogens is 306 g/mol. The molecule has 4 fully saturated rings. The van der Waals surface area contributed by atoms with Crippen LogP contribution in [0, 0.1) is 11.8 Å². The minimum Gasteiger partial charge on any atom is -0.439 e. The van der Waals surface area contributed by atoms with Gasteiger partial charge < -0.3 is 19.1 Å². The maximum Gasteiger partial charge on any atom is 0.410 e. The topological polar surface area (TPSA) is 48.0 Å². The molecule has 3 aliphatic heterocycles. The Hall–Kier alpha value is -1.59. The van der Waals surface area contributed by atoms with Gasteiger partial charge in [-0.15, -0.1) is 0 Å². The number of hydrogen-bond donors (Lipinski definition) is 0. The molecule has 0 N–H and O–H groups in total. The molecule has 24 heavy (non-hydrogen) atoms. The molecule has 4 atom stereocenters. The van der Waals surface area contributed by atoms with Crippen molar-refractivity contribution < 1.29 is 19.0 Å². The highest BCUT2D eigenvalue weighted by molar-refractivity contribution is 5.71. The third kappa shape index (κ3) is 2.25. The van der Waals surface area contributed by atoms with E-state index < -0.39 is 0 Å². The van der Waals surface area contributed by atoms with E-state index in [0.717, 1.165) is 37.8 Å². The van der Waals surface area contributed by atoms with Gasteiger partial charge in [0, 0.05) is 19.4 Å². The molecule has 0 aromatic heterocycles. The standard InChI is InChI=1S/C19H23NO4/c21-18-20-12-14-6-7-19(22-8-9-23-19)11-15(14)10-16(20)17(24-18)13-4-2-1-3-5-13/h1-5,14-17H,6-12H2/t14?,15?,16?,17-/m0/s1. The molecule has 0 radical (unpaired) electrons. The van der Waals surface area contributed by atoms with Crippen molar-refractivity contribution in [1.29, 1.82) is 0 Å². The van der Waals surface area contributed by atoms with Crippen LogP contribution >= 0.6 is 0 Å². The maximum atomic E-state index is 12.4. The predicted octanol–water partition coefficient (Wildman–Crippen LogP) is 3.11. The highest BCUT2D eigenvalue weighted by Crippen LogP contribution is 2.49. The summed E-state index contributed by atoms with van der Waals surface area (Å²) in [4.78, 5) is 14.3. The van der Waals surface area contributed by atoms with Crippen molar-refractivity contribution >= 4 is 6.09 Å². The van der Waals surface area contributed by atoms with Gasteiger partial charge in [-0.25, -0.2) is 4.79 Å². The molecule has 3 heterocycles. The zero-order chi connectivity index (χ0) is 16.1. The first-order valence-corrected chi connectivity index (χ1v) is 9.04. The Morgan fingerprint density at radius 2 is 1.88 bits per heavy atom. The molecule has 1 saturated carbocycles. The number of hydrogen-bond acceptors (Lipinski definition) is 4. The van der Waals surface area contributed by atoms with E-state index in [0.29, 0.717) is 25.0 Å². The summed E-state index contributed by atoms with van der Waals surface area (Å²) in [5, 5.41) is 0. The van der Waals surface area contributed by atoms with Gasteiger partial charge in [0.05, 0.1) is 19.3 Å². The van der Waals surface area contributed by atoms with E-state index in [1.54, 1.807) is 0 Å². The van der Waals surface area contributed by atoms with Crippen molar-refractivity contribution in [3.63, 3.8) is 0 Å². The van der Waals surface area contributed by atoms with Gasteiger partial charge in [0.2, 0.25) is 0 Å². The third-order valence-corrected chi connectivity index (χ3v) is 6.27. The van der Waals surface area contributed by atoms with E-state index in [2.05, 4.69) is 12.1 Å². The van der Waals surface area contributed by atoms with E-state index >= 15 is 0 Å². The van der Waals surface area contributed by atoms with E-state index in [1.807, 2.05) is 23.1 Å². The van der Waals surface area contributed by atoms with Crippen LogP contribution in [0.2, 0.25) is 0 Å². The lowest BCUT2D eigenvalue weighted by Crippen LogP contribution is -2.51. The molecule has 1 aliphatic carbocycles. The summed E-state index contributed by atoms with van der Waals surface area (Å²) in [6.45, 7) is 2.23. The van der Waals surface area contributed by atoms with Gasteiger partial charge >= 0.3 is 6.09 Å². The average Bonchev–Trinajstić information content (AvgIpc) is 3.19. The van der Waals surface area contributed by atoms with Gasteiger partial charge in [-0.3, -0.25) is 0 Å². The van der Waals surface area contributed by atoms with Gasteiger partial charge in [0.15, 0.2) is 5.79 Å². The largest absolute Gasteiger partial charge is 0.439 e. The molecule has 3 saturated heterocycles. The molecule has 1 aromatic carbocycles. The van der Waals surface area contributed by atoms with E-state index in [-0.39, 0.29) is 24.0 Å². The number of benzene rings is 1. The maximum absolute atomic E-state index is 12.4. The minimum atomic E-state index is -0.352. The summed E-state index contributed by atoms with van der Waals surface area (Å²) in [6.07, 6.45) is 3.65. The first-order chi connectivity index (χ1) is 11.7. The van der Waals surface area contributed by atoms with Crippen molar-refractivity contribution in [2.24, 2.45) is 11.8 Å². The normalized spacial score (nSPS) is 37.2. The van der Waals surface area contributed by atoms with Crippen LogP contribution in [0.1, 0.15) is 37.4 Å². The Balaban J connectivity index is 1.39. The summed E-state index contributed by atoms with van der Waals surface area (Å²) < 4.78 is 17.6. The molecule has 1 amide bonds. The number of ether oxygens (including phenoxy) is 3. The summed E-state index contributed by atoms with van der Waals surface area (Å²) in [5.74, 6) is 0.732. The third-order valence-electron chi connectivity index (χ3n) is 6.27. The SMILES string of the molecule is O=C1O[C@@H](c2ccccc2)C2CC3CC4(CCC3CN12)OCCO4. The second-order valence-corrected chi connectivity index (χ2v) is 7.54. The van der Waals surface area contributed by atoms with Crippen LogP contribution in [0.15, 0.2) is 30.3 Å². The minimum absolute atomic E-state index is 0.137. The van der Waals surface area contributed by atoms with E-state index in [1.165, 1.54) is 0 Å². The van der Waals surface area contributed by atoms with E-state index in [4.69, 9.17) is 14.2 Å². The van der Waals surface area contributed by atoms with Crippen LogP contribution < -0.4 is 0 Å². The van der Waals surface area contributed by atoms with Crippen molar-refractivity contribution in [3.05, 3.63) is 35.9 Å². The van der Waals surface area contributed by atoms with Crippen LogP contribution in [0.4, 0.5) is 4.79 Å². The zero-order valence-electron chi connectivity index (χ0n) is 13.7. The Labute approximate surface area is 141 Å². The Kier molecular flexibility index (Phi) is 3.35. The first kappa shape index (κ1) is 14.7. The number of nitrogens with zero attached hydrogens (tertiary/aromatic N) is 1. The molecule has 1 aromatic rings. The number of cyclic esters (lactones) is 1. The summed E-state index contributed by atoms with van der Waals surface area (Å²) >= 11 is 0. The van der Waals surface area contributed by atoms with Gasteiger partial charge in [-0.05, 0) is 30.2 Å². The average molecular weight is 329 g/mol. The van der Waals surface area contributed by atoms with Gasteiger partial charge in [0.1, 0.15) is 6.10 Å². The summed E-state index contributed by atoms with van der Waals surface area (Å²) in [7, 11) is 0. The molecule has 5 heteroatoms. The highest BCUT2D eigenvalue weighted by atomic mass is 16.7. The van der Waals surface area contributed by atoms with Crippen molar-refractivity contribution in [1.82, 2.24) is 4.90 Å². The van der Waals surface area contributed by atoms with Crippen LogP contribution in [0.3, 0.4) is 0 Å². The lowest BCUT2D eigenvalue weighted by molar-refractivity contribution is -0.200. The quantitative estimate of drug-likeness (QED) is 0.794. The number of piperidine rings is 1. The number of rotatable bonds is 1. The van der Waals surface area contributed by atoms with Crippen LogP contribution in [-0.4, -0.2) is 42.6 Å². The van der Waals surface area contributed by atoms with Crippen molar-refractivity contribution in [2.45, 2.75) is 43.6 Å². The van der Waals surface area contributed by atoms with E-state index in [9.17, 15) is 4.79 Å². The van der Waals surface area contributed by atoms with Crippen molar-refractivity contribution in [2.75, 3.05) is 19.8 Å². The fourth-order valence-corrected chi connectivity index (χ4v) is 5.09. The second-order valence-electron chi connectivity index (χ2n) is 7.54. The van der Waals surface area contributed by atoms with Crippen LogP contribution in [-0.2, 0) is 14.2 Å². The number of amides is 1. The van der Waals surface area contributed by atoms with Gasteiger partial charge in [-0.2, -0.15) is 0 Å². The lowest BCUT2D eigenvalue weighted by Gasteiger charge is -2.47. The first-order valence-electron chi connectivity index (χ1n) is 9.04. The molecule has 0 bridgehead atoms. The number of carbonyl (C=O) groups excluding carboxylic acids is 1. The van der Waals surface area contributed by atoms with Gasteiger partial charge in [-0.1, -0.05) is 30.3 Å². The summed E-state index contributed by atoms with van der Waals surface area (Å²) in [5.41, 5.74) is 1.09. The van der Waals surface area contributed by atoms with Crippen LogP contribution in [0.5, 0.6) is 0 Å². The van der Waals surface area contributed by atoms with Gasteiger partial charge in [0.25, 0.3) is 0 Å². The smallest absolute Gasteiger partial charge is 0.410 e. The van der Waals surface area contributed by atoms with Crippen molar-refractivity contribution in [3.8, 4) is 0 Å². The number of fused-ring (bicyclic) bond motifs is 2. The lowest BCUT2D eigenvalue weighted by atomic mass is 9.70. The predicted molar refractivity (Wildman–Crippen MR) is 86.2 cm³/mol. The van der Waals surface area contributed by atoms with Crippen LogP contribution in [0.25, 0.3) is 0 Å². The molecule has 1 spiro atoms. The Morgan fingerprint density at radius 1 is 1.08 bits per heavy atom. The molecule has 3 unspecified atom stereocenters. The second kappa shape index (κ2) is 5.46.